The molecule has 0 spiro atoms. The van der Waals surface area contributed by atoms with Gasteiger partial charge in [-0.05, 0) is 43.5 Å². The fourth-order valence-corrected chi connectivity index (χ4v) is 2.87. The van der Waals surface area contributed by atoms with Gasteiger partial charge in [0, 0.05) is 30.3 Å². The first kappa shape index (κ1) is 17.5. The van der Waals surface area contributed by atoms with Gasteiger partial charge >= 0.3 is 0 Å². The van der Waals surface area contributed by atoms with Gasteiger partial charge < -0.3 is 15.7 Å². The molecule has 5 heteroatoms. The van der Waals surface area contributed by atoms with E-state index in [9.17, 15) is 9.59 Å². The smallest absolute Gasteiger partial charge is 0.251 e. The monoisotopic (exact) mass is 318 g/mol. The van der Waals surface area contributed by atoms with E-state index >= 15 is 0 Å². The van der Waals surface area contributed by atoms with Crippen molar-refractivity contribution in [2.45, 2.75) is 44.9 Å². The molecule has 2 rings (SSSR count). The van der Waals surface area contributed by atoms with Gasteiger partial charge in [-0.2, -0.15) is 0 Å². The van der Waals surface area contributed by atoms with E-state index in [-0.39, 0.29) is 24.3 Å². The van der Waals surface area contributed by atoms with Crippen molar-refractivity contribution in [2.75, 3.05) is 18.5 Å². The van der Waals surface area contributed by atoms with E-state index in [0.29, 0.717) is 18.5 Å². The Morgan fingerprint density at radius 1 is 1.04 bits per heavy atom. The van der Waals surface area contributed by atoms with Crippen LogP contribution in [0.5, 0.6) is 0 Å². The quantitative estimate of drug-likeness (QED) is 0.557. The minimum atomic E-state index is -0.167. The Morgan fingerprint density at radius 3 is 2.30 bits per heavy atom. The molecule has 2 amide bonds. The lowest BCUT2D eigenvalue weighted by Gasteiger charge is -2.14. The van der Waals surface area contributed by atoms with Crippen LogP contribution < -0.4 is 10.6 Å². The van der Waals surface area contributed by atoms with Gasteiger partial charge in [0.15, 0.2) is 0 Å². The third-order valence-corrected chi connectivity index (χ3v) is 4.26. The molecule has 0 saturated heterocycles. The van der Waals surface area contributed by atoms with E-state index in [1.54, 1.807) is 24.3 Å². The molecule has 0 aromatic heterocycles. The highest BCUT2D eigenvalue weighted by Gasteiger charge is 2.20. The van der Waals surface area contributed by atoms with Crippen LogP contribution >= 0.6 is 0 Å². The van der Waals surface area contributed by atoms with Crippen molar-refractivity contribution in [1.29, 1.82) is 0 Å². The van der Waals surface area contributed by atoms with E-state index in [0.717, 1.165) is 31.4 Å². The molecule has 126 valence electrons. The molecule has 0 heterocycles. The predicted octanol–water partition coefficient (Wildman–Crippen LogP) is 2.71. The van der Waals surface area contributed by atoms with Crippen molar-refractivity contribution in [3.63, 3.8) is 0 Å². The minimum absolute atomic E-state index is 0.0619. The van der Waals surface area contributed by atoms with Crippen molar-refractivity contribution in [3.8, 4) is 0 Å². The van der Waals surface area contributed by atoms with Gasteiger partial charge in [-0.1, -0.05) is 25.7 Å². The lowest BCUT2D eigenvalue weighted by atomic mass is 9.99. The highest BCUT2D eigenvalue weighted by atomic mass is 16.3. The summed E-state index contributed by atoms with van der Waals surface area (Å²) >= 11 is 0. The van der Waals surface area contributed by atoms with Gasteiger partial charge in [0.05, 0.1) is 0 Å². The molecule has 23 heavy (non-hydrogen) atoms. The Hall–Kier alpha value is -1.88. The summed E-state index contributed by atoms with van der Waals surface area (Å²) in [5.74, 6) is 0.0334. The summed E-state index contributed by atoms with van der Waals surface area (Å²) in [6.07, 6.45) is 7.19. The van der Waals surface area contributed by atoms with Crippen LogP contribution in [0.4, 0.5) is 5.69 Å². The molecule has 1 aliphatic rings. The zero-order valence-corrected chi connectivity index (χ0v) is 13.5. The highest BCUT2D eigenvalue weighted by Crippen LogP contribution is 2.24. The summed E-state index contributed by atoms with van der Waals surface area (Å²) in [5.41, 5.74) is 1.28. The second-order valence-electron chi connectivity index (χ2n) is 6.09. The largest absolute Gasteiger partial charge is 0.396 e. The number of nitrogens with one attached hydrogen (secondary N) is 2. The summed E-state index contributed by atoms with van der Waals surface area (Å²) in [4.78, 5) is 24.2. The first-order valence-corrected chi connectivity index (χ1v) is 8.50. The topological polar surface area (TPSA) is 78.4 Å². The van der Waals surface area contributed by atoms with Gasteiger partial charge in [-0.3, -0.25) is 9.59 Å². The minimum Gasteiger partial charge on any atom is -0.396 e. The molecule has 1 aromatic rings. The number of hydrogen-bond donors (Lipinski definition) is 3. The maximum atomic E-state index is 12.3. The van der Waals surface area contributed by atoms with Crippen molar-refractivity contribution in [1.82, 2.24) is 5.32 Å². The summed E-state index contributed by atoms with van der Waals surface area (Å²) in [7, 11) is 0. The molecule has 1 fully saturated rings. The molecule has 0 unspecified atom stereocenters. The van der Waals surface area contributed by atoms with Crippen molar-refractivity contribution >= 4 is 17.5 Å². The fraction of sp³-hybridized carbons (Fsp3) is 0.556. The summed E-state index contributed by atoms with van der Waals surface area (Å²) in [5, 5.41) is 14.4. The van der Waals surface area contributed by atoms with Crippen LogP contribution in [0, 0.1) is 5.92 Å². The number of anilines is 1. The van der Waals surface area contributed by atoms with Crippen LogP contribution in [0.3, 0.4) is 0 Å². The van der Waals surface area contributed by atoms with Crippen molar-refractivity contribution < 1.29 is 14.7 Å². The average Bonchev–Trinajstić information content (AvgIpc) is 2.85. The highest BCUT2D eigenvalue weighted by molar-refractivity contribution is 5.96. The average molecular weight is 318 g/mol. The summed E-state index contributed by atoms with van der Waals surface area (Å²) in [6.45, 7) is 0.516. The molecule has 5 nitrogen and oxygen atoms in total. The van der Waals surface area contributed by atoms with Gasteiger partial charge in [-0.15, -0.1) is 0 Å². The third kappa shape index (κ3) is 5.67. The van der Waals surface area contributed by atoms with E-state index in [1.165, 1.54) is 12.8 Å². The number of benzene rings is 1. The molecule has 0 aliphatic heterocycles. The number of rotatable bonds is 6. The number of carbonyl (C=O) groups is 2. The van der Waals surface area contributed by atoms with E-state index in [4.69, 9.17) is 5.11 Å². The molecule has 1 aromatic carbocycles. The van der Waals surface area contributed by atoms with Crippen LogP contribution in [0.15, 0.2) is 24.3 Å². The maximum absolute atomic E-state index is 12.3. The fourth-order valence-electron chi connectivity index (χ4n) is 2.87. The van der Waals surface area contributed by atoms with Gasteiger partial charge in [0.25, 0.3) is 5.91 Å². The zero-order valence-electron chi connectivity index (χ0n) is 13.5. The molecule has 3 N–H and O–H groups in total. The van der Waals surface area contributed by atoms with Crippen LogP contribution in [0.1, 0.15) is 55.3 Å². The molecule has 0 atom stereocenters. The molecule has 1 aliphatic carbocycles. The molecule has 1 saturated carbocycles. The number of aliphatic hydroxyl groups excluding tert-OH is 1. The van der Waals surface area contributed by atoms with Gasteiger partial charge in [-0.25, -0.2) is 0 Å². The van der Waals surface area contributed by atoms with Crippen molar-refractivity contribution in [2.24, 2.45) is 5.92 Å². The Labute approximate surface area is 137 Å². The van der Waals surface area contributed by atoms with E-state index in [2.05, 4.69) is 10.6 Å². The number of amides is 2. The number of aliphatic hydroxyl groups is 1. The Balaban J connectivity index is 1.86. The Bertz CT molecular complexity index is 506. The lowest BCUT2D eigenvalue weighted by Crippen LogP contribution is -2.25. The number of carbonyl (C=O) groups excluding carboxylic acids is 2. The second kappa shape index (κ2) is 9.30. The summed E-state index contributed by atoms with van der Waals surface area (Å²) < 4.78 is 0. The lowest BCUT2D eigenvalue weighted by molar-refractivity contribution is -0.120. The van der Waals surface area contributed by atoms with Gasteiger partial charge in [0.1, 0.15) is 0 Å². The SMILES string of the molecule is O=C(NCCCO)c1ccc(NC(=O)C2CCCCCC2)cc1. The summed E-state index contributed by atoms with van der Waals surface area (Å²) in [6, 6.07) is 6.93. The first-order chi connectivity index (χ1) is 11.2. The predicted molar refractivity (Wildman–Crippen MR) is 90.3 cm³/mol. The standard InChI is InChI=1S/C18H26N2O3/c21-13-5-12-19-17(22)15-8-10-16(11-9-15)20-18(23)14-6-3-1-2-4-7-14/h8-11,14,21H,1-7,12-13H2,(H,19,22)(H,20,23). The molecular weight excluding hydrogens is 292 g/mol. The maximum Gasteiger partial charge on any atom is 0.251 e. The molecular formula is C18H26N2O3. The number of hydrogen-bond acceptors (Lipinski definition) is 3. The normalized spacial score (nSPS) is 15.7. The van der Waals surface area contributed by atoms with Crippen molar-refractivity contribution in [3.05, 3.63) is 29.8 Å². The second-order valence-corrected chi connectivity index (χ2v) is 6.09. The molecule has 0 bridgehead atoms. The van der Waals surface area contributed by atoms with Gasteiger partial charge in [0.2, 0.25) is 5.91 Å². The zero-order chi connectivity index (χ0) is 16.5. The third-order valence-electron chi connectivity index (χ3n) is 4.26. The Kier molecular flexibility index (Phi) is 7.07. The van der Waals surface area contributed by atoms with Crippen LogP contribution in [-0.4, -0.2) is 30.1 Å². The molecule has 0 radical (unpaired) electrons. The van der Waals surface area contributed by atoms with Crippen LogP contribution in [0.2, 0.25) is 0 Å². The first-order valence-electron chi connectivity index (χ1n) is 8.50. The van der Waals surface area contributed by atoms with E-state index < -0.39 is 0 Å². The van der Waals surface area contributed by atoms with Crippen LogP contribution in [0.25, 0.3) is 0 Å². The van der Waals surface area contributed by atoms with E-state index in [1.807, 2.05) is 0 Å². The Morgan fingerprint density at radius 2 is 1.70 bits per heavy atom. The van der Waals surface area contributed by atoms with Crippen LogP contribution in [-0.2, 0) is 4.79 Å².